The molecular formula is C18H26N2O3. The molecule has 0 radical (unpaired) electrons. The molecule has 2 aliphatic rings. The van der Waals surface area contributed by atoms with Crippen LogP contribution in [0.5, 0.6) is 0 Å². The van der Waals surface area contributed by atoms with Crippen LogP contribution in [-0.2, 0) is 9.59 Å². The largest absolute Gasteiger partial charge is 0.464 e. The van der Waals surface area contributed by atoms with Gasteiger partial charge in [-0.2, -0.15) is 0 Å². The number of carbonyl (C=O) groups excluding carboxylic acids is 2. The van der Waals surface area contributed by atoms with Crippen molar-refractivity contribution in [2.75, 3.05) is 19.6 Å². The molecule has 2 aliphatic heterocycles. The van der Waals surface area contributed by atoms with E-state index in [4.69, 9.17) is 4.42 Å². The third-order valence-electron chi connectivity index (χ3n) is 4.93. The van der Waals surface area contributed by atoms with Gasteiger partial charge in [0, 0.05) is 32.5 Å². The molecule has 0 unspecified atom stereocenters. The first-order valence-electron chi connectivity index (χ1n) is 8.79. The van der Waals surface area contributed by atoms with Gasteiger partial charge in [0.25, 0.3) is 0 Å². The summed E-state index contributed by atoms with van der Waals surface area (Å²) < 4.78 is 5.80. The Morgan fingerprint density at radius 3 is 2.78 bits per heavy atom. The standard InChI is InChI=1S/C18H26N2O3/c1-14-8-9-16(23-14)15-6-3-2-4-12-20(15)18(22)10-13-19-11-5-7-17(19)21/h8-9,15H,2-7,10-13H2,1H3/t15-/m1/s1. The van der Waals surface area contributed by atoms with E-state index in [2.05, 4.69) is 0 Å². The van der Waals surface area contributed by atoms with Crippen LogP contribution in [0.15, 0.2) is 16.5 Å². The van der Waals surface area contributed by atoms with Gasteiger partial charge in [-0.3, -0.25) is 9.59 Å². The van der Waals surface area contributed by atoms with Gasteiger partial charge in [-0.15, -0.1) is 0 Å². The highest BCUT2D eigenvalue weighted by atomic mass is 16.3. The normalized spacial score (nSPS) is 22.5. The van der Waals surface area contributed by atoms with Crippen LogP contribution in [0.25, 0.3) is 0 Å². The molecule has 23 heavy (non-hydrogen) atoms. The maximum atomic E-state index is 12.8. The van der Waals surface area contributed by atoms with Crippen molar-refractivity contribution in [2.45, 2.75) is 57.9 Å². The molecule has 1 atom stereocenters. The molecule has 0 N–H and O–H groups in total. The van der Waals surface area contributed by atoms with Gasteiger partial charge >= 0.3 is 0 Å². The number of likely N-dealkylation sites (tertiary alicyclic amines) is 2. The third kappa shape index (κ3) is 3.77. The van der Waals surface area contributed by atoms with E-state index in [-0.39, 0.29) is 17.9 Å². The molecule has 0 aliphatic carbocycles. The zero-order valence-electron chi connectivity index (χ0n) is 13.9. The van der Waals surface area contributed by atoms with Crippen molar-refractivity contribution in [3.8, 4) is 0 Å². The summed E-state index contributed by atoms with van der Waals surface area (Å²) in [6.45, 7) is 4.08. The van der Waals surface area contributed by atoms with Gasteiger partial charge in [0.15, 0.2) is 0 Å². The number of furan rings is 1. The molecule has 2 amide bonds. The zero-order valence-corrected chi connectivity index (χ0v) is 13.9. The molecule has 0 saturated carbocycles. The van der Waals surface area contributed by atoms with Crippen LogP contribution >= 0.6 is 0 Å². The van der Waals surface area contributed by atoms with Crippen LogP contribution in [0.1, 0.15) is 62.5 Å². The lowest BCUT2D eigenvalue weighted by Crippen LogP contribution is -2.37. The fourth-order valence-electron chi connectivity index (χ4n) is 3.65. The van der Waals surface area contributed by atoms with Crippen LogP contribution in [0.3, 0.4) is 0 Å². The quantitative estimate of drug-likeness (QED) is 0.857. The minimum absolute atomic E-state index is 0.0491. The highest BCUT2D eigenvalue weighted by Crippen LogP contribution is 2.31. The van der Waals surface area contributed by atoms with E-state index in [1.54, 1.807) is 0 Å². The van der Waals surface area contributed by atoms with Crippen LogP contribution in [0, 0.1) is 6.92 Å². The summed E-state index contributed by atoms with van der Waals surface area (Å²) >= 11 is 0. The van der Waals surface area contributed by atoms with Crippen molar-refractivity contribution < 1.29 is 14.0 Å². The lowest BCUT2D eigenvalue weighted by molar-refractivity contribution is -0.135. The van der Waals surface area contributed by atoms with Crippen LogP contribution in [-0.4, -0.2) is 41.2 Å². The third-order valence-corrected chi connectivity index (χ3v) is 4.93. The Kier molecular flexibility index (Phi) is 5.03. The second-order valence-electron chi connectivity index (χ2n) is 6.64. The van der Waals surface area contributed by atoms with Crippen molar-refractivity contribution in [3.63, 3.8) is 0 Å². The Bertz CT molecular complexity index is 566. The second-order valence-corrected chi connectivity index (χ2v) is 6.64. The van der Waals surface area contributed by atoms with Crippen molar-refractivity contribution in [1.82, 2.24) is 9.80 Å². The first-order chi connectivity index (χ1) is 11.1. The van der Waals surface area contributed by atoms with E-state index in [0.717, 1.165) is 56.7 Å². The average molecular weight is 318 g/mol. The van der Waals surface area contributed by atoms with Gasteiger partial charge in [0.2, 0.25) is 11.8 Å². The van der Waals surface area contributed by atoms with E-state index >= 15 is 0 Å². The first-order valence-corrected chi connectivity index (χ1v) is 8.79. The molecule has 3 heterocycles. The molecule has 1 aromatic rings. The predicted octanol–water partition coefficient (Wildman–Crippen LogP) is 3.04. The maximum Gasteiger partial charge on any atom is 0.224 e. The minimum Gasteiger partial charge on any atom is -0.464 e. The summed E-state index contributed by atoms with van der Waals surface area (Å²) in [5.41, 5.74) is 0. The molecule has 5 heteroatoms. The molecule has 2 fully saturated rings. The highest BCUT2D eigenvalue weighted by molar-refractivity contribution is 5.80. The number of aryl methyl sites for hydroxylation is 1. The Labute approximate surface area is 137 Å². The van der Waals surface area contributed by atoms with Crippen LogP contribution in [0.2, 0.25) is 0 Å². The number of hydrogen-bond acceptors (Lipinski definition) is 3. The highest BCUT2D eigenvalue weighted by Gasteiger charge is 2.29. The van der Waals surface area contributed by atoms with Crippen LogP contribution < -0.4 is 0 Å². The maximum absolute atomic E-state index is 12.8. The SMILES string of the molecule is Cc1ccc([C@H]2CCCCCN2C(=O)CCN2CCCC2=O)o1. The fourth-order valence-corrected chi connectivity index (χ4v) is 3.65. The summed E-state index contributed by atoms with van der Waals surface area (Å²) in [7, 11) is 0. The molecule has 0 aromatic carbocycles. The van der Waals surface area contributed by atoms with Gasteiger partial charge in [-0.1, -0.05) is 12.8 Å². The first kappa shape index (κ1) is 16.1. The van der Waals surface area contributed by atoms with Crippen molar-refractivity contribution >= 4 is 11.8 Å². The summed E-state index contributed by atoms with van der Waals surface area (Å²) in [4.78, 5) is 28.2. The number of rotatable bonds is 4. The molecule has 0 bridgehead atoms. The predicted molar refractivity (Wildman–Crippen MR) is 86.8 cm³/mol. The molecular weight excluding hydrogens is 292 g/mol. The summed E-state index contributed by atoms with van der Waals surface area (Å²) in [6.07, 6.45) is 6.26. The average Bonchev–Trinajstić information content (AvgIpc) is 3.06. The summed E-state index contributed by atoms with van der Waals surface area (Å²) in [5.74, 6) is 2.12. The molecule has 126 valence electrons. The lowest BCUT2D eigenvalue weighted by Gasteiger charge is -2.29. The number of hydrogen-bond donors (Lipinski definition) is 0. The number of carbonyl (C=O) groups is 2. The van der Waals surface area contributed by atoms with E-state index in [9.17, 15) is 9.59 Å². The van der Waals surface area contributed by atoms with Gasteiger partial charge < -0.3 is 14.2 Å². The molecule has 3 rings (SSSR count). The monoisotopic (exact) mass is 318 g/mol. The van der Waals surface area contributed by atoms with Crippen molar-refractivity contribution in [1.29, 1.82) is 0 Å². The second kappa shape index (κ2) is 7.20. The van der Waals surface area contributed by atoms with Crippen molar-refractivity contribution in [3.05, 3.63) is 23.7 Å². The molecule has 1 aromatic heterocycles. The van der Waals surface area contributed by atoms with E-state index in [0.29, 0.717) is 19.4 Å². The van der Waals surface area contributed by atoms with E-state index in [1.165, 1.54) is 0 Å². The van der Waals surface area contributed by atoms with Gasteiger partial charge in [0.1, 0.15) is 11.5 Å². The molecule has 5 nitrogen and oxygen atoms in total. The number of amides is 2. The fraction of sp³-hybridized carbons (Fsp3) is 0.667. The summed E-state index contributed by atoms with van der Waals surface area (Å²) in [6, 6.07) is 4.01. The molecule has 2 saturated heterocycles. The molecule has 0 spiro atoms. The van der Waals surface area contributed by atoms with Gasteiger partial charge in [0.05, 0.1) is 6.04 Å². The minimum atomic E-state index is 0.0491. The van der Waals surface area contributed by atoms with Crippen molar-refractivity contribution in [2.24, 2.45) is 0 Å². The topological polar surface area (TPSA) is 53.8 Å². The van der Waals surface area contributed by atoms with E-state index in [1.807, 2.05) is 28.9 Å². The van der Waals surface area contributed by atoms with E-state index < -0.39 is 0 Å². The Morgan fingerprint density at radius 2 is 2.09 bits per heavy atom. The Hall–Kier alpha value is -1.78. The lowest BCUT2D eigenvalue weighted by atomic mass is 10.1. The number of nitrogens with zero attached hydrogens (tertiary/aromatic N) is 2. The van der Waals surface area contributed by atoms with Gasteiger partial charge in [-0.05, 0) is 38.3 Å². The van der Waals surface area contributed by atoms with Crippen LogP contribution in [0.4, 0.5) is 0 Å². The smallest absolute Gasteiger partial charge is 0.224 e. The summed E-state index contributed by atoms with van der Waals surface area (Å²) in [5, 5.41) is 0. The zero-order chi connectivity index (χ0) is 16.2. The Morgan fingerprint density at radius 1 is 1.22 bits per heavy atom. The van der Waals surface area contributed by atoms with Gasteiger partial charge in [-0.25, -0.2) is 0 Å². The Balaban J connectivity index is 1.66.